The maximum absolute atomic E-state index is 12.3. The van der Waals surface area contributed by atoms with Crippen molar-refractivity contribution in [3.63, 3.8) is 0 Å². The van der Waals surface area contributed by atoms with Gasteiger partial charge in [-0.1, -0.05) is 5.16 Å². The third-order valence-corrected chi connectivity index (χ3v) is 4.41. The Morgan fingerprint density at radius 2 is 2.05 bits per heavy atom. The molecular formula is C14H16N2O5S. The van der Waals surface area contributed by atoms with E-state index in [4.69, 9.17) is 9.26 Å². The van der Waals surface area contributed by atoms with E-state index in [0.29, 0.717) is 22.7 Å². The lowest BCUT2D eigenvalue weighted by atomic mass is 10.1. The van der Waals surface area contributed by atoms with Gasteiger partial charge in [0.1, 0.15) is 11.5 Å². The fourth-order valence-electron chi connectivity index (χ4n) is 1.99. The number of benzene rings is 1. The number of rotatable bonds is 6. The molecule has 0 aliphatic heterocycles. The third kappa shape index (κ3) is 3.91. The molecule has 0 aliphatic rings. The van der Waals surface area contributed by atoms with Crippen LogP contribution in [0.4, 0.5) is 0 Å². The van der Waals surface area contributed by atoms with Gasteiger partial charge in [-0.05, 0) is 32.0 Å². The molecule has 0 atom stereocenters. The number of aryl methyl sites for hydroxylation is 1. The number of ketones is 1. The molecule has 7 nitrogen and oxygen atoms in total. The lowest BCUT2D eigenvalue weighted by Crippen LogP contribution is -2.10. The van der Waals surface area contributed by atoms with Gasteiger partial charge in [0, 0.05) is 11.1 Å². The Morgan fingerprint density at radius 1 is 1.32 bits per heavy atom. The van der Waals surface area contributed by atoms with Gasteiger partial charge in [0.25, 0.3) is 0 Å². The van der Waals surface area contributed by atoms with Crippen LogP contribution < -0.4 is 4.74 Å². The molecule has 2 aromatic rings. The first-order valence-electron chi connectivity index (χ1n) is 6.48. The molecule has 0 aliphatic carbocycles. The van der Waals surface area contributed by atoms with Crippen molar-refractivity contribution in [1.82, 2.24) is 10.1 Å². The van der Waals surface area contributed by atoms with E-state index in [-0.39, 0.29) is 23.2 Å². The third-order valence-electron chi connectivity index (χ3n) is 2.98. The van der Waals surface area contributed by atoms with Gasteiger partial charge >= 0.3 is 0 Å². The van der Waals surface area contributed by atoms with Gasteiger partial charge in [0.05, 0.1) is 12.9 Å². The molecule has 0 spiro atoms. The molecule has 1 aromatic carbocycles. The zero-order valence-electron chi connectivity index (χ0n) is 12.5. The minimum absolute atomic E-state index is 0.0409. The predicted molar refractivity (Wildman–Crippen MR) is 78.4 cm³/mol. The highest BCUT2D eigenvalue weighted by Gasteiger charge is 2.20. The highest BCUT2D eigenvalue weighted by molar-refractivity contribution is 7.89. The van der Waals surface area contributed by atoms with Gasteiger partial charge in [-0.25, -0.2) is 8.42 Å². The molecule has 0 amide bonds. The van der Waals surface area contributed by atoms with Crippen molar-refractivity contribution < 1.29 is 22.5 Å². The summed E-state index contributed by atoms with van der Waals surface area (Å²) in [6.07, 6.45) is 0. The lowest BCUT2D eigenvalue weighted by molar-refractivity contribution is 0.101. The molecule has 0 fully saturated rings. The number of methoxy groups -OCH3 is 1. The van der Waals surface area contributed by atoms with Crippen molar-refractivity contribution in [2.45, 2.75) is 25.4 Å². The van der Waals surface area contributed by atoms with E-state index in [1.807, 2.05) is 0 Å². The average Bonchev–Trinajstić information content (AvgIpc) is 2.82. The summed E-state index contributed by atoms with van der Waals surface area (Å²) in [5, 5.41) is 3.56. The number of nitrogens with zero attached hydrogens (tertiary/aromatic N) is 2. The normalized spacial score (nSPS) is 11.4. The summed E-state index contributed by atoms with van der Waals surface area (Å²) >= 11 is 0. The molecule has 2 rings (SSSR count). The number of hydrogen-bond acceptors (Lipinski definition) is 7. The second kappa shape index (κ2) is 6.27. The molecule has 1 aromatic heterocycles. The number of sulfone groups is 1. The number of aromatic nitrogens is 2. The fraction of sp³-hybridized carbons (Fsp3) is 0.357. The minimum Gasteiger partial charge on any atom is -0.496 e. The maximum Gasteiger partial charge on any atom is 0.241 e. The summed E-state index contributed by atoms with van der Waals surface area (Å²) in [4.78, 5) is 15.3. The van der Waals surface area contributed by atoms with Crippen LogP contribution in [-0.4, -0.2) is 31.5 Å². The predicted octanol–water partition coefficient (Wildman–Crippen LogP) is 1.70. The van der Waals surface area contributed by atoms with Crippen LogP contribution in [0.15, 0.2) is 22.7 Å². The Kier molecular flexibility index (Phi) is 4.60. The van der Waals surface area contributed by atoms with E-state index in [1.165, 1.54) is 20.1 Å². The van der Waals surface area contributed by atoms with Crippen molar-refractivity contribution in [2.75, 3.05) is 7.11 Å². The summed E-state index contributed by atoms with van der Waals surface area (Å²) in [5.74, 6) is 0.0460. The van der Waals surface area contributed by atoms with Gasteiger partial charge in [0.2, 0.25) is 5.89 Å². The Morgan fingerprint density at radius 3 is 2.59 bits per heavy atom. The largest absolute Gasteiger partial charge is 0.496 e. The summed E-state index contributed by atoms with van der Waals surface area (Å²) in [5.41, 5.74) is 0.853. The maximum atomic E-state index is 12.3. The molecule has 22 heavy (non-hydrogen) atoms. The smallest absolute Gasteiger partial charge is 0.241 e. The molecule has 0 N–H and O–H groups in total. The second-order valence-corrected chi connectivity index (χ2v) is 6.91. The molecule has 0 bridgehead atoms. The van der Waals surface area contributed by atoms with Crippen LogP contribution in [-0.2, 0) is 21.3 Å². The van der Waals surface area contributed by atoms with E-state index >= 15 is 0 Å². The molecule has 0 saturated carbocycles. The van der Waals surface area contributed by atoms with Crippen LogP contribution in [0.1, 0.15) is 34.6 Å². The molecule has 0 saturated heterocycles. The first-order chi connectivity index (χ1) is 10.3. The highest BCUT2D eigenvalue weighted by Crippen LogP contribution is 2.23. The zero-order chi connectivity index (χ0) is 16.3. The standard InChI is InChI=1S/C14H16N2O5S/c1-9(17)11-4-5-13(20-3)12(6-11)7-22(18,19)8-14-15-10(2)16-21-14/h4-6H,7-8H2,1-3H3. The fourth-order valence-corrected chi connectivity index (χ4v) is 3.28. The van der Waals surface area contributed by atoms with Crippen molar-refractivity contribution >= 4 is 15.6 Å². The van der Waals surface area contributed by atoms with Crippen LogP contribution in [0.5, 0.6) is 5.75 Å². The summed E-state index contributed by atoms with van der Waals surface area (Å²) in [6.45, 7) is 3.03. The van der Waals surface area contributed by atoms with E-state index in [1.54, 1.807) is 19.1 Å². The molecular weight excluding hydrogens is 308 g/mol. The number of hydrogen-bond donors (Lipinski definition) is 0. The first-order valence-corrected chi connectivity index (χ1v) is 8.30. The SMILES string of the molecule is COc1ccc(C(C)=O)cc1CS(=O)(=O)Cc1nc(C)no1. The molecule has 0 unspecified atom stereocenters. The highest BCUT2D eigenvalue weighted by atomic mass is 32.2. The quantitative estimate of drug-likeness (QED) is 0.746. The molecule has 118 valence electrons. The Bertz CT molecular complexity index is 795. The number of carbonyl (C=O) groups excluding carboxylic acids is 1. The van der Waals surface area contributed by atoms with E-state index in [9.17, 15) is 13.2 Å². The summed E-state index contributed by atoms with van der Waals surface area (Å²) in [6, 6.07) is 4.70. The van der Waals surface area contributed by atoms with Crippen LogP contribution in [0, 0.1) is 6.92 Å². The average molecular weight is 324 g/mol. The van der Waals surface area contributed by atoms with Crippen molar-refractivity contribution in [2.24, 2.45) is 0 Å². The van der Waals surface area contributed by atoms with Crippen LogP contribution >= 0.6 is 0 Å². The number of carbonyl (C=O) groups is 1. The summed E-state index contributed by atoms with van der Waals surface area (Å²) in [7, 11) is -2.09. The Balaban J connectivity index is 2.27. The second-order valence-electron chi connectivity index (χ2n) is 4.85. The number of Topliss-reactive ketones (excluding diaryl/α,β-unsaturated/α-hetero) is 1. The van der Waals surface area contributed by atoms with Crippen LogP contribution in [0.3, 0.4) is 0 Å². The van der Waals surface area contributed by atoms with Gasteiger partial charge in [-0.15, -0.1) is 0 Å². The van der Waals surface area contributed by atoms with E-state index in [0.717, 1.165) is 0 Å². The van der Waals surface area contributed by atoms with Gasteiger partial charge in [-0.2, -0.15) is 4.98 Å². The van der Waals surface area contributed by atoms with Crippen molar-refractivity contribution in [3.8, 4) is 5.75 Å². The Labute approximate surface area is 128 Å². The monoisotopic (exact) mass is 324 g/mol. The van der Waals surface area contributed by atoms with Crippen LogP contribution in [0.2, 0.25) is 0 Å². The van der Waals surface area contributed by atoms with Gasteiger partial charge < -0.3 is 9.26 Å². The van der Waals surface area contributed by atoms with E-state index < -0.39 is 9.84 Å². The van der Waals surface area contributed by atoms with Crippen LogP contribution in [0.25, 0.3) is 0 Å². The minimum atomic E-state index is -3.54. The first kappa shape index (κ1) is 16.2. The Hall–Kier alpha value is -2.22. The van der Waals surface area contributed by atoms with Crippen molar-refractivity contribution in [1.29, 1.82) is 0 Å². The lowest BCUT2D eigenvalue weighted by Gasteiger charge is -2.09. The van der Waals surface area contributed by atoms with E-state index in [2.05, 4.69) is 10.1 Å². The zero-order valence-corrected chi connectivity index (χ0v) is 13.3. The molecule has 1 heterocycles. The van der Waals surface area contributed by atoms with Gasteiger partial charge in [-0.3, -0.25) is 4.79 Å². The van der Waals surface area contributed by atoms with Crippen molar-refractivity contribution in [3.05, 3.63) is 41.0 Å². The molecule has 0 radical (unpaired) electrons. The summed E-state index contributed by atoms with van der Waals surface area (Å²) < 4.78 is 34.5. The molecule has 8 heteroatoms. The number of ether oxygens (including phenoxy) is 1. The van der Waals surface area contributed by atoms with Gasteiger partial charge in [0.15, 0.2) is 21.4 Å². The topological polar surface area (TPSA) is 99.4 Å².